The molecule has 0 saturated heterocycles. The van der Waals surface area contributed by atoms with E-state index in [1.165, 1.54) is 0 Å². The average molecular weight is 161 g/mol. The van der Waals surface area contributed by atoms with Gasteiger partial charge in [-0.05, 0) is 19.4 Å². The van der Waals surface area contributed by atoms with Gasteiger partial charge in [-0.2, -0.15) is 0 Å². The van der Waals surface area contributed by atoms with Gasteiger partial charge >= 0.3 is 0 Å². The van der Waals surface area contributed by atoms with Crippen LogP contribution in [-0.2, 0) is 0 Å². The Kier molecular flexibility index (Phi) is 2.66. The fraction of sp³-hybridized carbons (Fsp3) is 0.273. The van der Waals surface area contributed by atoms with Gasteiger partial charge in [0.1, 0.15) is 0 Å². The molecule has 1 rings (SSSR count). The van der Waals surface area contributed by atoms with Gasteiger partial charge < -0.3 is 5.73 Å². The molecule has 0 spiro atoms. The van der Waals surface area contributed by atoms with Crippen molar-refractivity contribution in [3.8, 4) is 0 Å². The molecule has 1 heteroatoms. The number of nitrogens with two attached hydrogens (primary N) is 1. The Hall–Kier alpha value is -1.08. The second kappa shape index (κ2) is 3.55. The summed E-state index contributed by atoms with van der Waals surface area (Å²) in [5.41, 5.74) is 6.84. The van der Waals surface area contributed by atoms with Crippen LogP contribution in [0.1, 0.15) is 13.8 Å². The quantitative estimate of drug-likeness (QED) is 0.627. The highest BCUT2D eigenvalue weighted by Crippen LogP contribution is 2.14. The van der Waals surface area contributed by atoms with Crippen molar-refractivity contribution in [2.45, 2.75) is 19.4 Å². The van der Waals surface area contributed by atoms with Crippen molar-refractivity contribution in [3.05, 3.63) is 48.1 Å². The first-order chi connectivity index (χ1) is 5.61. The number of allylic oxidation sites excluding steroid dienone is 6. The van der Waals surface area contributed by atoms with E-state index in [9.17, 15) is 0 Å². The molecule has 1 aliphatic rings. The van der Waals surface area contributed by atoms with Crippen LogP contribution in [0.4, 0.5) is 0 Å². The minimum atomic E-state index is -0.258. The summed E-state index contributed by atoms with van der Waals surface area (Å²) in [5.74, 6) is 0. The third-order valence-corrected chi connectivity index (χ3v) is 1.74. The summed E-state index contributed by atoms with van der Waals surface area (Å²) in [6.07, 6.45) is 14.1. The van der Waals surface area contributed by atoms with Crippen molar-refractivity contribution in [1.29, 1.82) is 0 Å². The van der Waals surface area contributed by atoms with Crippen LogP contribution in [0.5, 0.6) is 0 Å². The molecule has 0 unspecified atom stereocenters. The summed E-state index contributed by atoms with van der Waals surface area (Å²) < 4.78 is 0. The van der Waals surface area contributed by atoms with E-state index >= 15 is 0 Å². The van der Waals surface area contributed by atoms with Gasteiger partial charge in [0.05, 0.1) is 0 Å². The zero-order valence-electron chi connectivity index (χ0n) is 7.62. The standard InChI is InChI=1S/C11H15N/c1-11(2,12)10-8-6-4-3-5-7-9-10/h3-9H,12H2,1-2H3. The maximum absolute atomic E-state index is 5.95. The molecule has 1 aliphatic carbocycles. The summed E-state index contributed by atoms with van der Waals surface area (Å²) in [7, 11) is 0. The molecule has 12 heavy (non-hydrogen) atoms. The van der Waals surface area contributed by atoms with Gasteiger partial charge in [-0.1, -0.05) is 42.5 Å². The average Bonchev–Trinajstić information content (AvgIpc) is 1.81. The molecule has 0 amide bonds. The number of hydrogen-bond acceptors (Lipinski definition) is 1. The molecule has 0 saturated carbocycles. The molecular weight excluding hydrogens is 146 g/mol. The zero-order chi connectivity index (χ0) is 9.03. The fourth-order valence-electron chi connectivity index (χ4n) is 0.996. The van der Waals surface area contributed by atoms with Gasteiger partial charge in [0.15, 0.2) is 0 Å². The van der Waals surface area contributed by atoms with E-state index in [0.717, 1.165) is 5.57 Å². The van der Waals surface area contributed by atoms with E-state index < -0.39 is 0 Å². The summed E-state index contributed by atoms with van der Waals surface area (Å²) in [4.78, 5) is 0. The summed E-state index contributed by atoms with van der Waals surface area (Å²) in [6, 6.07) is 0. The monoisotopic (exact) mass is 161 g/mol. The van der Waals surface area contributed by atoms with Crippen LogP contribution in [0.25, 0.3) is 0 Å². The zero-order valence-corrected chi connectivity index (χ0v) is 7.62. The predicted molar refractivity (Wildman–Crippen MR) is 53.8 cm³/mol. The molecule has 0 heterocycles. The summed E-state index contributed by atoms with van der Waals surface area (Å²) in [6.45, 7) is 4.00. The molecular formula is C11H15N. The third-order valence-electron chi connectivity index (χ3n) is 1.74. The largest absolute Gasteiger partial charge is 0.322 e. The van der Waals surface area contributed by atoms with Crippen LogP contribution >= 0.6 is 0 Å². The lowest BCUT2D eigenvalue weighted by Gasteiger charge is -2.20. The Bertz CT molecular complexity index is 259. The molecule has 0 aromatic carbocycles. The first-order valence-corrected chi connectivity index (χ1v) is 4.12. The highest BCUT2D eigenvalue weighted by molar-refractivity contribution is 5.36. The number of hydrogen-bond donors (Lipinski definition) is 1. The van der Waals surface area contributed by atoms with Crippen LogP contribution in [0.3, 0.4) is 0 Å². The van der Waals surface area contributed by atoms with Gasteiger partial charge in [0.25, 0.3) is 0 Å². The molecule has 64 valence electrons. The summed E-state index contributed by atoms with van der Waals surface area (Å²) in [5, 5.41) is 0. The van der Waals surface area contributed by atoms with E-state index in [4.69, 9.17) is 5.73 Å². The topological polar surface area (TPSA) is 26.0 Å². The van der Waals surface area contributed by atoms with Crippen molar-refractivity contribution < 1.29 is 0 Å². The van der Waals surface area contributed by atoms with E-state index in [1.54, 1.807) is 0 Å². The molecule has 0 fully saturated rings. The van der Waals surface area contributed by atoms with Crippen molar-refractivity contribution in [3.63, 3.8) is 0 Å². The lowest BCUT2D eigenvalue weighted by atomic mass is 9.94. The Balaban J connectivity index is 2.90. The fourth-order valence-corrected chi connectivity index (χ4v) is 0.996. The molecule has 2 N–H and O–H groups in total. The van der Waals surface area contributed by atoms with Crippen molar-refractivity contribution in [1.82, 2.24) is 0 Å². The first kappa shape index (κ1) is 9.01. The Morgan fingerprint density at radius 1 is 1.00 bits per heavy atom. The van der Waals surface area contributed by atoms with Crippen LogP contribution in [0.15, 0.2) is 48.1 Å². The van der Waals surface area contributed by atoms with Crippen LogP contribution in [-0.4, -0.2) is 5.54 Å². The maximum atomic E-state index is 5.95. The lowest BCUT2D eigenvalue weighted by Crippen LogP contribution is -2.33. The molecule has 0 atom stereocenters. The van der Waals surface area contributed by atoms with Gasteiger partial charge in [0.2, 0.25) is 0 Å². The van der Waals surface area contributed by atoms with Crippen LogP contribution < -0.4 is 5.73 Å². The Morgan fingerprint density at radius 3 is 2.25 bits per heavy atom. The molecule has 0 bridgehead atoms. The second-order valence-electron chi connectivity index (χ2n) is 3.47. The molecule has 1 nitrogen and oxygen atoms in total. The lowest BCUT2D eigenvalue weighted by molar-refractivity contribution is 0.626. The predicted octanol–water partition coefficient (Wildman–Crippen LogP) is 2.33. The minimum absolute atomic E-state index is 0.258. The van der Waals surface area contributed by atoms with Gasteiger partial charge in [-0.3, -0.25) is 0 Å². The van der Waals surface area contributed by atoms with Crippen LogP contribution in [0, 0.1) is 0 Å². The molecule has 0 aromatic rings. The Morgan fingerprint density at radius 2 is 1.58 bits per heavy atom. The van der Waals surface area contributed by atoms with E-state index in [-0.39, 0.29) is 5.54 Å². The van der Waals surface area contributed by atoms with Gasteiger partial charge in [-0.25, -0.2) is 0 Å². The molecule has 0 aromatic heterocycles. The van der Waals surface area contributed by atoms with Crippen molar-refractivity contribution in [2.75, 3.05) is 0 Å². The smallest absolute Gasteiger partial charge is 0.0352 e. The molecule has 0 aliphatic heterocycles. The van der Waals surface area contributed by atoms with Crippen molar-refractivity contribution >= 4 is 0 Å². The van der Waals surface area contributed by atoms with Gasteiger partial charge in [-0.15, -0.1) is 0 Å². The SMILES string of the molecule is CC(C)(N)C1=CC=CC=CC=C1. The van der Waals surface area contributed by atoms with E-state index in [2.05, 4.69) is 0 Å². The van der Waals surface area contributed by atoms with E-state index in [1.807, 2.05) is 56.4 Å². The maximum Gasteiger partial charge on any atom is 0.0352 e. The normalized spacial score (nSPS) is 17.1. The van der Waals surface area contributed by atoms with Gasteiger partial charge in [0, 0.05) is 5.54 Å². The minimum Gasteiger partial charge on any atom is -0.322 e. The van der Waals surface area contributed by atoms with Crippen molar-refractivity contribution in [2.24, 2.45) is 5.73 Å². The Labute approximate surface area is 74.0 Å². The van der Waals surface area contributed by atoms with E-state index in [0.29, 0.717) is 0 Å². The first-order valence-electron chi connectivity index (χ1n) is 4.12. The molecule has 0 radical (unpaired) electrons. The highest BCUT2D eigenvalue weighted by atomic mass is 14.7. The second-order valence-corrected chi connectivity index (χ2v) is 3.47. The highest BCUT2D eigenvalue weighted by Gasteiger charge is 2.13. The number of rotatable bonds is 1. The summed E-state index contributed by atoms with van der Waals surface area (Å²) >= 11 is 0. The third kappa shape index (κ3) is 2.51. The van der Waals surface area contributed by atoms with Crippen LogP contribution in [0.2, 0.25) is 0 Å².